The van der Waals surface area contributed by atoms with Crippen LogP contribution in [-0.4, -0.2) is 51.8 Å². The van der Waals surface area contributed by atoms with Gasteiger partial charge in [-0.25, -0.2) is 0 Å². The van der Waals surface area contributed by atoms with E-state index < -0.39 is 29.3 Å². The zero-order valence-corrected chi connectivity index (χ0v) is 15.2. The van der Waals surface area contributed by atoms with Crippen LogP contribution in [0, 0.1) is 17.3 Å². The summed E-state index contributed by atoms with van der Waals surface area (Å²) in [4.78, 5) is 30.6. The molecule has 4 rings (SSSR count). The second-order valence-corrected chi connectivity index (χ2v) is 7.56. The maximum atomic E-state index is 13.1. The summed E-state index contributed by atoms with van der Waals surface area (Å²) >= 11 is 0. The van der Waals surface area contributed by atoms with Gasteiger partial charge in [-0.15, -0.1) is 0 Å². The number of carboxylic acid groups (broad SMARTS) is 1. The van der Waals surface area contributed by atoms with Crippen molar-refractivity contribution in [2.45, 2.75) is 19.9 Å². The second kappa shape index (κ2) is 6.45. The van der Waals surface area contributed by atoms with E-state index in [2.05, 4.69) is 10.1 Å². The van der Waals surface area contributed by atoms with E-state index in [1.807, 2.05) is 44.2 Å². The number of morpholine rings is 1. The topological polar surface area (TPSA) is 106 Å². The zero-order chi connectivity index (χ0) is 19.2. The van der Waals surface area contributed by atoms with Crippen molar-refractivity contribution in [3.05, 3.63) is 36.2 Å². The number of carbonyl (C=O) groups is 2. The Morgan fingerprint density at radius 2 is 1.96 bits per heavy atom. The van der Waals surface area contributed by atoms with Gasteiger partial charge in [-0.1, -0.05) is 37.2 Å². The SMILES string of the molecule is CC1(C)[C@H](C(=O)O)[C@@H]1C(=O)N1CCOCC1c1noc(-c2ccccc2)n1. The fourth-order valence-electron chi connectivity index (χ4n) is 3.89. The monoisotopic (exact) mass is 371 g/mol. The van der Waals surface area contributed by atoms with Crippen molar-refractivity contribution in [2.24, 2.45) is 17.3 Å². The number of aliphatic carboxylic acids is 1. The molecule has 0 radical (unpaired) electrons. The number of carboxylic acids is 1. The lowest BCUT2D eigenvalue weighted by atomic mass is 10.1. The Kier molecular flexibility index (Phi) is 4.22. The molecule has 1 unspecified atom stereocenters. The minimum atomic E-state index is -0.936. The third-order valence-corrected chi connectivity index (χ3v) is 5.53. The van der Waals surface area contributed by atoms with Crippen LogP contribution in [0.5, 0.6) is 0 Å². The molecule has 0 spiro atoms. The molecular weight excluding hydrogens is 350 g/mol. The van der Waals surface area contributed by atoms with Crippen molar-refractivity contribution < 1.29 is 24.0 Å². The van der Waals surface area contributed by atoms with E-state index in [-0.39, 0.29) is 12.5 Å². The van der Waals surface area contributed by atoms with Crippen LogP contribution in [0.15, 0.2) is 34.9 Å². The molecule has 0 bridgehead atoms. The van der Waals surface area contributed by atoms with Gasteiger partial charge < -0.3 is 19.3 Å². The molecule has 3 atom stereocenters. The van der Waals surface area contributed by atoms with E-state index in [1.54, 1.807) is 4.90 Å². The summed E-state index contributed by atoms with van der Waals surface area (Å²) in [5, 5.41) is 13.4. The van der Waals surface area contributed by atoms with Gasteiger partial charge in [-0.2, -0.15) is 4.98 Å². The van der Waals surface area contributed by atoms with E-state index in [4.69, 9.17) is 9.26 Å². The van der Waals surface area contributed by atoms with Crippen LogP contribution >= 0.6 is 0 Å². The number of aromatic nitrogens is 2. The molecule has 2 aromatic rings. The number of nitrogens with zero attached hydrogens (tertiary/aromatic N) is 3. The molecule has 1 aliphatic heterocycles. The standard InChI is InChI=1S/C19H21N3O5/c1-19(2)13(14(19)18(24)25)17(23)22-8-9-26-10-12(22)15-20-16(27-21-15)11-6-4-3-5-7-11/h3-7,12-14H,8-10H2,1-2H3,(H,24,25)/t12?,13-,14+/m1/s1. The van der Waals surface area contributed by atoms with Crippen molar-refractivity contribution in [3.63, 3.8) is 0 Å². The van der Waals surface area contributed by atoms with Gasteiger partial charge in [0.15, 0.2) is 5.82 Å². The predicted molar refractivity (Wildman–Crippen MR) is 93.4 cm³/mol. The molecule has 142 valence electrons. The first kappa shape index (κ1) is 17.7. The van der Waals surface area contributed by atoms with Crippen molar-refractivity contribution in [1.29, 1.82) is 0 Å². The molecule has 2 heterocycles. The highest BCUT2D eigenvalue weighted by Crippen LogP contribution is 2.59. The molecule has 1 saturated carbocycles. The molecule has 8 heteroatoms. The minimum absolute atomic E-state index is 0.188. The smallest absolute Gasteiger partial charge is 0.307 e. The largest absolute Gasteiger partial charge is 0.481 e. The van der Waals surface area contributed by atoms with Crippen LogP contribution < -0.4 is 0 Å². The Balaban J connectivity index is 1.58. The number of ether oxygens (including phenoxy) is 1. The predicted octanol–water partition coefficient (Wildman–Crippen LogP) is 1.99. The fraction of sp³-hybridized carbons (Fsp3) is 0.474. The number of rotatable bonds is 4. The molecule has 2 fully saturated rings. The lowest BCUT2D eigenvalue weighted by Gasteiger charge is -2.34. The van der Waals surface area contributed by atoms with Gasteiger partial charge in [0.1, 0.15) is 6.04 Å². The summed E-state index contributed by atoms with van der Waals surface area (Å²) in [6.45, 7) is 4.65. The maximum Gasteiger partial charge on any atom is 0.307 e. The molecule has 8 nitrogen and oxygen atoms in total. The molecular formula is C19H21N3O5. The lowest BCUT2D eigenvalue weighted by Crippen LogP contribution is -2.45. The Morgan fingerprint density at radius 1 is 1.22 bits per heavy atom. The molecule has 2 aliphatic rings. The molecule has 1 N–H and O–H groups in total. The fourth-order valence-corrected chi connectivity index (χ4v) is 3.89. The summed E-state index contributed by atoms with van der Waals surface area (Å²) in [7, 11) is 0. The van der Waals surface area contributed by atoms with Gasteiger partial charge in [0.25, 0.3) is 5.89 Å². The average Bonchev–Trinajstić information content (AvgIpc) is 3.02. The van der Waals surface area contributed by atoms with E-state index >= 15 is 0 Å². The Bertz CT molecular complexity index is 863. The van der Waals surface area contributed by atoms with E-state index in [0.717, 1.165) is 5.56 Å². The van der Waals surface area contributed by atoms with Gasteiger partial charge in [0.05, 0.1) is 25.0 Å². The Morgan fingerprint density at radius 3 is 2.63 bits per heavy atom. The molecule has 27 heavy (non-hydrogen) atoms. The van der Waals surface area contributed by atoms with E-state index in [1.165, 1.54) is 0 Å². The summed E-state index contributed by atoms with van der Waals surface area (Å²) in [6, 6.07) is 8.88. The van der Waals surface area contributed by atoms with Gasteiger partial charge in [-0.05, 0) is 17.5 Å². The van der Waals surface area contributed by atoms with E-state index in [0.29, 0.717) is 24.9 Å². The van der Waals surface area contributed by atoms with Crippen molar-refractivity contribution in [3.8, 4) is 11.5 Å². The highest BCUT2D eigenvalue weighted by Gasteiger charge is 2.67. The molecule has 1 aromatic carbocycles. The third kappa shape index (κ3) is 2.99. The van der Waals surface area contributed by atoms with Gasteiger partial charge >= 0.3 is 5.97 Å². The summed E-state index contributed by atoms with van der Waals surface area (Å²) in [6.07, 6.45) is 0. The van der Waals surface area contributed by atoms with Crippen LogP contribution in [0.2, 0.25) is 0 Å². The van der Waals surface area contributed by atoms with Crippen molar-refractivity contribution >= 4 is 11.9 Å². The highest BCUT2D eigenvalue weighted by atomic mass is 16.5. The average molecular weight is 371 g/mol. The number of hydrogen-bond donors (Lipinski definition) is 1. The highest BCUT2D eigenvalue weighted by molar-refractivity contribution is 5.92. The van der Waals surface area contributed by atoms with Crippen LogP contribution in [0.3, 0.4) is 0 Å². The normalized spacial score (nSPS) is 26.6. The minimum Gasteiger partial charge on any atom is -0.481 e. The number of benzene rings is 1. The summed E-state index contributed by atoms with van der Waals surface area (Å²) in [5.74, 6) is -1.60. The first-order valence-electron chi connectivity index (χ1n) is 8.91. The summed E-state index contributed by atoms with van der Waals surface area (Å²) in [5.41, 5.74) is 0.234. The third-order valence-electron chi connectivity index (χ3n) is 5.53. The first-order valence-corrected chi connectivity index (χ1v) is 8.91. The quantitative estimate of drug-likeness (QED) is 0.876. The van der Waals surface area contributed by atoms with Crippen LogP contribution in [0.4, 0.5) is 0 Å². The van der Waals surface area contributed by atoms with Gasteiger partial charge in [0.2, 0.25) is 5.91 Å². The zero-order valence-electron chi connectivity index (χ0n) is 15.2. The van der Waals surface area contributed by atoms with Crippen LogP contribution in [0.1, 0.15) is 25.7 Å². The molecule has 1 amide bonds. The maximum absolute atomic E-state index is 13.1. The Hall–Kier alpha value is -2.74. The van der Waals surface area contributed by atoms with Crippen LogP contribution in [0.25, 0.3) is 11.5 Å². The van der Waals surface area contributed by atoms with Gasteiger partial charge in [0, 0.05) is 12.1 Å². The number of carbonyl (C=O) groups excluding carboxylic acids is 1. The van der Waals surface area contributed by atoms with Crippen molar-refractivity contribution in [2.75, 3.05) is 19.8 Å². The van der Waals surface area contributed by atoms with E-state index in [9.17, 15) is 14.7 Å². The molecule has 1 aromatic heterocycles. The number of amides is 1. The molecule has 1 aliphatic carbocycles. The number of hydrogen-bond acceptors (Lipinski definition) is 6. The molecule has 1 saturated heterocycles. The van der Waals surface area contributed by atoms with Crippen molar-refractivity contribution in [1.82, 2.24) is 15.0 Å². The Labute approximate surface area is 156 Å². The van der Waals surface area contributed by atoms with Gasteiger partial charge in [-0.3, -0.25) is 9.59 Å². The lowest BCUT2D eigenvalue weighted by molar-refractivity contribution is -0.146. The van der Waals surface area contributed by atoms with Crippen LogP contribution in [-0.2, 0) is 14.3 Å². The summed E-state index contributed by atoms with van der Waals surface area (Å²) < 4.78 is 10.9. The second-order valence-electron chi connectivity index (χ2n) is 7.56. The first-order chi connectivity index (χ1) is 12.9.